The molecule has 0 radical (unpaired) electrons. The summed E-state index contributed by atoms with van der Waals surface area (Å²) in [7, 11) is 1.56. The van der Waals surface area contributed by atoms with Gasteiger partial charge in [0.1, 0.15) is 17.1 Å². The number of carbonyl (C=O) groups is 3. The maximum Gasteiger partial charge on any atom is 0.223 e. The van der Waals surface area contributed by atoms with E-state index in [9.17, 15) is 14.4 Å². The first-order chi connectivity index (χ1) is 13.5. The summed E-state index contributed by atoms with van der Waals surface area (Å²) in [4.78, 5) is 39.7. The number of amides is 1. The monoisotopic (exact) mass is 399 g/mol. The van der Waals surface area contributed by atoms with Crippen LogP contribution in [0.15, 0.2) is 35.7 Å². The van der Waals surface area contributed by atoms with Gasteiger partial charge in [0, 0.05) is 25.8 Å². The van der Waals surface area contributed by atoms with Crippen LogP contribution in [0.2, 0.25) is 0 Å². The van der Waals surface area contributed by atoms with Gasteiger partial charge in [0.05, 0.1) is 30.5 Å². The molecule has 2 aromatic rings. The first-order valence-corrected chi connectivity index (χ1v) is 10.1. The maximum atomic E-state index is 12.7. The lowest BCUT2D eigenvalue weighted by atomic mass is 9.89. The molecule has 1 spiro atoms. The molecule has 1 fully saturated rings. The Morgan fingerprint density at radius 3 is 2.89 bits per heavy atom. The van der Waals surface area contributed by atoms with Gasteiger partial charge in [-0.3, -0.25) is 14.4 Å². The number of fused-ring (bicyclic) bond motifs is 1. The predicted octanol–water partition coefficient (Wildman–Crippen LogP) is 3.36. The Labute approximate surface area is 167 Å². The molecule has 0 saturated carbocycles. The summed E-state index contributed by atoms with van der Waals surface area (Å²) in [5.74, 6) is 1.08. The third-order valence-corrected chi connectivity index (χ3v) is 6.24. The van der Waals surface area contributed by atoms with Gasteiger partial charge in [-0.1, -0.05) is 6.07 Å². The number of rotatable bonds is 5. The van der Waals surface area contributed by atoms with Gasteiger partial charge in [-0.15, -0.1) is 11.3 Å². The molecule has 1 aromatic heterocycles. The minimum absolute atomic E-state index is 0.00215. The molecular formula is C21H21NO5S. The van der Waals surface area contributed by atoms with Gasteiger partial charge in [-0.2, -0.15) is 0 Å². The number of ketones is 2. The number of benzene rings is 1. The van der Waals surface area contributed by atoms with Gasteiger partial charge in [0.2, 0.25) is 5.91 Å². The minimum atomic E-state index is -0.675. The van der Waals surface area contributed by atoms with Gasteiger partial charge >= 0.3 is 0 Å². The second kappa shape index (κ2) is 7.39. The van der Waals surface area contributed by atoms with E-state index in [1.54, 1.807) is 36.3 Å². The van der Waals surface area contributed by atoms with Crippen molar-refractivity contribution in [1.29, 1.82) is 0 Å². The first-order valence-electron chi connectivity index (χ1n) is 9.24. The fourth-order valence-electron chi connectivity index (χ4n) is 3.82. The van der Waals surface area contributed by atoms with E-state index in [1.807, 2.05) is 11.4 Å². The second-order valence-corrected chi connectivity index (χ2v) is 8.16. The van der Waals surface area contributed by atoms with Gasteiger partial charge < -0.3 is 14.4 Å². The molecule has 6 nitrogen and oxygen atoms in total. The van der Waals surface area contributed by atoms with Crippen LogP contribution < -0.4 is 9.47 Å². The van der Waals surface area contributed by atoms with Crippen molar-refractivity contribution in [2.75, 3.05) is 20.2 Å². The molecule has 2 aliphatic heterocycles. The van der Waals surface area contributed by atoms with Crippen LogP contribution in [0, 0.1) is 0 Å². The summed E-state index contributed by atoms with van der Waals surface area (Å²) in [5.41, 5.74) is -0.150. The van der Waals surface area contributed by atoms with Gasteiger partial charge in [0.25, 0.3) is 0 Å². The maximum absolute atomic E-state index is 12.7. The molecule has 3 heterocycles. The molecule has 1 saturated heterocycles. The third kappa shape index (κ3) is 3.54. The van der Waals surface area contributed by atoms with Crippen molar-refractivity contribution in [2.24, 2.45) is 0 Å². The molecule has 28 heavy (non-hydrogen) atoms. The number of likely N-dealkylation sites (tertiary alicyclic amines) is 1. The highest BCUT2D eigenvalue weighted by atomic mass is 32.1. The molecule has 2 aliphatic rings. The summed E-state index contributed by atoms with van der Waals surface area (Å²) in [6.45, 7) is 0.904. The van der Waals surface area contributed by atoms with Crippen molar-refractivity contribution < 1.29 is 23.9 Å². The Morgan fingerprint density at radius 1 is 1.29 bits per heavy atom. The number of methoxy groups -OCH3 is 1. The van der Waals surface area contributed by atoms with E-state index in [2.05, 4.69) is 0 Å². The highest BCUT2D eigenvalue weighted by Crippen LogP contribution is 2.40. The highest BCUT2D eigenvalue weighted by Gasteiger charge is 2.47. The molecule has 1 amide bonds. The van der Waals surface area contributed by atoms with Crippen molar-refractivity contribution in [3.05, 3.63) is 46.2 Å². The number of Topliss-reactive ketones (excluding diaryl/α,β-unsaturated/α-hetero) is 2. The molecule has 146 valence electrons. The van der Waals surface area contributed by atoms with Crippen molar-refractivity contribution in [2.45, 2.75) is 31.3 Å². The minimum Gasteiger partial charge on any atom is -0.497 e. The normalized spacial score (nSPS) is 20.8. The summed E-state index contributed by atoms with van der Waals surface area (Å²) in [5, 5.41) is 1.85. The summed E-state index contributed by atoms with van der Waals surface area (Å²) in [6.07, 6.45) is 1.22. The highest BCUT2D eigenvalue weighted by molar-refractivity contribution is 7.12. The van der Waals surface area contributed by atoms with Crippen LogP contribution in [0.25, 0.3) is 0 Å². The van der Waals surface area contributed by atoms with E-state index in [-0.39, 0.29) is 36.7 Å². The van der Waals surface area contributed by atoms with Gasteiger partial charge in [-0.05, 0) is 29.6 Å². The van der Waals surface area contributed by atoms with E-state index in [0.29, 0.717) is 41.4 Å². The van der Waals surface area contributed by atoms with E-state index in [4.69, 9.17) is 9.47 Å². The Morgan fingerprint density at radius 2 is 2.14 bits per heavy atom. The Hall–Kier alpha value is -2.67. The summed E-state index contributed by atoms with van der Waals surface area (Å²) >= 11 is 1.39. The largest absolute Gasteiger partial charge is 0.497 e. The molecule has 0 aliphatic carbocycles. The first kappa shape index (κ1) is 18.7. The topological polar surface area (TPSA) is 72.9 Å². The fourth-order valence-corrected chi connectivity index (χ4v) is 4.52. The number of ether oxygens (including phenoxy) is 2. The molecule has 1 aromatic carbocycles. The number of thiophene rings is 1. The van der Waals surface area contributed by atoms with Crippen molar-refractivity contribution in [1.82, 2.24) is 4.90 Å². The lowest BCUT2D eigenvalue weighted by Crippen LogP contribution is -2.45. The molecule has 1 atom stereocenters. The Kier molecular flexibility index (Phi) is 4.93. The lowest BCUT2D eigenvalue weighted by molar-refractivity contribution is -0.130. The van der Waals surface area contributed by atoms with Crippen LogP contribution in [-0.2, 0) is 4.79 Å². The summed E-state index contributed by atoms with van der Waals surface area (Å²) < 4.78 is 11.4. The fraction of sp³-hybridized carbons (Fsp3) is 0.381. The van der Waals surface area contributed by atoms with E-state index >= 15 is 0 Å². The van der Waals surface area contributed by atoms with Gasteiger partial charge in [-0.25, -0.2) is 0 Å². The summed E-state index contributed by atoms with van der Waals surface area (Å²) in [6, 6.07) is 8.81. The van der Waals surface area contributed by atoms with E-state index < -0.39 is 5.60 Å². The van der Waals surface area contributed by atoms with Crippen molar-refractivity contribution in [3.63, 3.8) is 0 Å². The van der Waals surface area contributed by atoms with Crippen LogP contribution >= 0.6 is 11.3 Å². The van der Waals surface area contributed by atoms with Crippen LogP contribution in [0.3, 0.4) is 0 Å². The average Bonchev–Trinajstić information content (AvgIpc) is 3.36. The standard InChI is InChI=1S/C21H21NO5S/c1-26-14-4-6-18-15(11-14)17(24)12-21(27-18)8-9-22(13-21)20(25)7-5-16(23)19-3-2-10-28-19/h2-4,6,10-11H,5,7-9,12-13H2,1H3. The van der Waals surface area contributed by atoms with Crippen LogP contribution in [0.1, 0.15) is 45.7 Å². The Bertz CT molecular complexity index is 923. The van der Waals surface area contributed by atoms with Gasteiger partial charge in [0.15, 0.2) is 11.6 Å². The molecule has 1 unspecified atom stereocenters. The lowest BCUT2D eigenvalue weighted by Gasteiger charge is -2.34. The van der Waals surface area contributed by atoms with Crippen molar-refractivity contribution >= 4 is 28.8 Å². The quantitative estimate of drug-likeness (QED) is 0.721. The number of hydrogen-bond acceptors (Lipinski definition) is 6. The smallest absolute Gasteiger partial charge is 0.223 e. The zero-order valence-corrected chi connectivity index (χ0v) is 16.4. The number of carbonyl (C=O) groups excluding carboxylic acids is 3. The average molecular weight is 399 g/mol. The second-order valence-electron chi connectivity index (χ2n) is 7.21. The van der Waals surface area contributed by atoms with E-state index in [0.717, 1.165) is 0 Å². The molecular weight excluding hydrogens is 378 g/mol. The van der Waals surface area contributed by atoms with E-state index in [1.165, 1.54) is 11.3 Å². The van der Waals surface area contributed by atoms with Crippen LogP contribution in [0.5, 0.6) is 11.5 Å². The number of nitrogens with zero attached hydrogens (tertiary/aromatic N) is 1. The Balaban J connectivity index is 1.40. The molecule has 4 rings (SSSR count). The predicted molar refractivity (Wildman–Crippen MR) is 104 cm³/mol. The third-order valence-electron chi connectivity index (χ3n) is 5.33. The van der Waals surface area contributed by atoms with Crippen molar-refractivity contribution in [3.8, 4) is 11.5 Å². The SMILES string of the molecule is COc1ccc2c(c1)C(=O)CC1(CCN(C(=O)CCC(=O)c3cccs3)C1)O2. The van der Waals surface area contributed by atoms with Crippen LogP contribution in [-0.4, -0.2) is 48.2 Å². The molecule has 0 bridgehead atoms. The molecule has 7 heteroatoms. The number of hydrogen-bond donors (Lipinski definition) is 0. The molecule has 0 N–H and O–H groups in total. The van der Waals surface area contributed by atoms with Crippen LogP contribution in [0.4, 0.5) is 0 Å². The zero-order valence-electron chi connectivity index (χ0n) is 15.6. The zero-order chi connectivity index (χ0) is 19.7.